The second-order valence-corrected chi connectivity index (χ2v) is 8.96. The Labute approximate surface area is 179 Å². The van der Waals surface area contributed by atoms with Crippen LogP contribution in [-0.4, -0.2) is 38.3 Å². The van der Waals surface area contributed by atoms with Crippen LogP contribution >= 0.6 is 0 Å². The molecule has 3 rings (SSSR count). The van der Waals surface area contributed by atoms with Crippen molar-refractivity contribution in [3.63, 3.8) is 0 Å². The van der Waals surface area contributed by atoms with Gasteiger partial charge in [0.15, 0.2) is 0 Å². The minimum Gasteiger partial charge on any atom is -0.345 e. The summed E-state index contributed by atoms with van der Waals surface area (Å²) in [4.78, 5) is 11.6. The average Bonchev–Trinajstić information content (AvgIpc) is 2.77. The van der Waals surface area contributed by atoms with E-state index in [1.807, 2.05) is 30.3 Å². The van der Waals surface area contributed by atoms with Crippen LogP contribution in [-0.2, 0) is 21.0 Å². The molecule has 164 valence electrons. The number of carbonyl (C=O) groups is 1. The van der Waals surface area contributed by atoms with E-state index >= 15 is 0 Å². The summed E-state index contributed by atoms with van der Waals surface area (Å²) < 4.78 is 66.2. The first-order chi connectivity index (χ1) is 14.7. The van der Waals surface area contributed by atoms with Gasteiger partial charge in [0.25, 0.3) is 0 Å². The number of nitrogens with one attached hydrogen (secondary N) is 1. The summed E-state index contributed by atoms with van der Waals surface area (Å²) in [6, 6.07) is 13.4. The van der Waals surface area contributed by atoms with Crippen LogP contribution in [0.2, 0.25) is 0 Å². The van der Waals surface area contributed by atoms with Gasteiger partial charge >= 0.3 is 6.18 Å². The van der Waals surface area contributed by atoms with E-state index in [1.165, 1.54) is 6.07 Å². The van der Waals surface area contributed by atoms with Crippen LogP contribution in [0.25, 0.3) is 0 Å². The van der Waals surface area contributed by atoms with Gasteiger partial charge in [-0.1, -0.05) is 42.2 Å². The van der Waals surface area contributed by atoms with Crippen LogP contribution in [0.1, 0.15) is 24.0 Å². The number of carbonyl (C=O) groups excluding carboxylic acids is 1. The second-order valence-electron chi connectivity index (χ2n) is 7.06. The van der Waals surface area contributed by atoms with Crippen molar-refractivity contribution in [3.05, 3.63) is 65.7 Å². The van der Waals surface area contributed by atoms with Crippen LogP contribution in [0.4, 0.5) is 13.2 Å². The van der Waals surface area contributed by atoms with Crippen LogP contribution in [0.3, 0.4) is 0 Å². The highest BCUT2D eigenvalue weighted by Gasteiger charge is 2.40. The number of amides is 1. The fraction of sp³-hybridized carbons (Fsp3) is 0.318. The maximum atomic E-state index is 13.2. The third kappa shape index (κ3) is 5.66. The smallest absolute Gasteiger partial charge is 0.345 e. The van der Waals surface area contributed by atoms with Crippen molar-refractivity contribution < 1.29 is 26.4 Å². The van der Waals surface area contributed by atoms with Gasteiger partial charge in [0.05, 0.1) is 17.0 Å². The molecule has 2 aromatic rings. The number of benzene rings is 2. The quantitative estimate of drug-likeness (QED) is 0.728. The predicted octanol–water partition coefficient (Wildman–Crippen LogP) is 3.27. The Morgan fingerprint density at radius 3 is 2.29 bits per heavy atom. The lowest BCUT2D eigenvalue weighted by atomic mass is 9.97. The number of alkyl halides is 3. The fourth-order valence-corrected chi connectivity index (χ4v) is 5.05. The summed E-state index contributed by atoms with van der Waals surface area (Å²) in [6.07, 6.45) is -4.32. The number of rotatable bonds is 4. The number of hydrogen-bond acceptors (Lipinski definition) is 3. The van der Waals surface area contributed by atoms with E-state index in [0.29, 0.717) is 0 Å². The molecule has 5 nitrogen and oxygen atoms in total. The van der Waals surface area contributed by atoms with Crippen molar-refractivity contribution in [1.82, 2.24) is 9.62 Å². The summed E-state index contributed by atoms with van der Waals surface area (Å²) in [6.45, 7) is 0.107. The highest BCUT2D eigenvalue weighted by atomic mass is 32.2. The van der Waals surface area contributed by atoms with E-state index < -0.39 is 32.6 Å². The minimum atomic E-state index is -4.78. The highest BCUT2D eigenvalue weighted by Crippen LogP contribution is 2.36. The van der Waals surface area contributed by atoms with E-state index in [-0.39, 0.29) is 38.4 Å². The van der Waals surface area contributed by atoms with E-state index in [9.17, 15) is 26.4 Å². The number of halogens is 3. The Balaban J connectivity index is 1.58. The largest absolute Gasteiger partial charge is 0.417 e. The molecule has 0 aromatic heterocycles. The van der Waals surface area contributed by atoms with Crippen molar-refractivity contribution >= 4 is 15.9 Å². The van der Waals surface area contributed by atoms with Gasteiger partial charge in [-0.3, -0.25) is 4.79 Å². The molecule has 0 atom stereocenters. The van der Waals surface area contributed by atoms with E-state index in [4.69, 9.17) is 0 Å². The fourth-order valence-electron chi connectivity index (χ4n) is 3.37. The average molecular weight is 450 g/mol. The lowest BCUT2D eigenvalue weighted by molar-refractivity contribution is -0.139. The zero-order valence-electron chi connectivity index (χ0n) is 16.5. The van der Waals surface area contributed by atoms with Crippen molar-refractivity contribution in [3.8, 4) is 11.8 Å². The lowest BCUT2D eigenvalue weighted by Gasteiger charge is -2.31. The van der Waals surface area contributed by atoms with Crippen LogP contribution < -0.4 is 5.32 Å². The SMILES string of the molecule is O=C(NCC#Cc1ccccc1)C1CCN(S(=O)(=O)c2ccccc2C(F)(F)F)CC1. The normalized spacial score (nSPS) is 15.7. The molecular weight excluding hydrogens is 429 g/mol. The molecule has 31 heavy (non-hydrogen) atoms. The molecule has 0 radical (unpaired) electrons. The third-order valence-corrected chi connectivity index (χ3v) is 6.95. The molecule has 1 amide bonds. The Morgan fingerprint density at radius 2 is 1.65 bits per heavy atom. The molecule has 1 saturated heterocycles. The van der Waals surface area contributed by atoms with Crippen molar-refractivity contribution in [1.29, 1.82) is 0 Å². The van der Waals surface area contributed by atoms with E-state index in [0.717, 1.165) is 28.1 Å². The molecule has 2 aromatic carbocycles. The molecular formula is C22H21F3N2O3S. The van der Waals surface area contributed by atoms with Gasteiger partial charge in [-0.15, -0.1) is 0 Å². The van der Waals surface area contributed by atoms with E-state index in [2.05, 4.69) is 17.2 Å². The van der Waals surface area contributed by atoms with Gasteiger partial charge in [0.1, 0.15) is 0 Å². The Morgan fingerprint density at radius 1 is 1.03 bits per heavy atom. The monoisotopic (exact) mass is 450 g/mol. The molecule has 1 aliphatic heterocycles. The molecule has 0 spiro atoms. The van der Waals surface area contributed by atoms with Gasteiger partial charge < -0.3 is 5.32 Å². The molecule has 0 unspecified atom stereocenters. The summed E-state index contributed by atoms with van der Waals surface area (Å²) in [5, 5.41) is 2.71. The van der Waals surface area contributed by atoms with Crippen molar-refractivity contribution in [2.45, 2.75) is 23.9 Å². The van der Waals surface area contributed by atoms with Crippen LogP contribution in [0.5, 0.6) is 0 Å². The van der Waals surface area contributed by atoms with Gasteiger partial charge in [-0.2, -0.15) is 17.5 Å². The van der Waals surface area contributed by atoms with Gasteiger partial charge in [0, 0.05) is 24.6 Å². The summed E-state index contributed by atoms with van der Waals surface area (Å²) in [5.41, 5.74) is -0.360. The first-order valence-corrected chi connectivity index (χ1v) is 11.1. The molecule has 0 saturated carbocycles. The first-order valence-electron chi connectivity index (χ1n) is 9.67. The molecule has 1 fully saturated rings. The zero-order chi connectivity index (χ0) is 22.5. The maximum Gasteiger partial charge on any atom is 0.417 e. The summed E-state index contributed by atoms with van der Waals surface area (Å²) >= 11 is 0. The lowest BCUT2D eigenvalue weighted by Crippen LogP contribution is -2.43. The molecule has 1 aliphatic rings. The number of nitrogens with zero attached hydrogens (tertiary/aromatic N) is 1. The Bertz CT molecular complexity index is 1080. The topological polar surface area (TPSA) is 66.5 Å². The Kier molecular flexibility index (Phi) is 7.03. The van der Waals surface area contributed by atoms with Gasteiger partial charge in [0.2, 0.25) is 15.9 Å². The summed E-state index contributed by atoms with van der Waals surface area (Å²) in [5.74, 6) is 5.12. The molecule has 9 heteroatoms. The van der Waals surface area contributed by atoms with Gasteiger partial charge in [-0.25, -0.2) is 8.42 Å². The minimum absolute atomic E-state index is 0.0255. The molecule has 1 heterocycles. The van der Waals surface area contributed by atoms with E-state index in [1.54, 1.807) is 0 Å². The predicted molar refractivity (Wildman–Crippen MR) is 109 cm³/mol. The number of sulfonamides is 1. The van der Waals surface area contributed by atoms with Crippen LogP contribution in [0, 0.1) is 17.8 Å². The highest BCUT2D eigenvalue weighted by molar-refractivity contribution is 7.89. The molecule has 0 aliphatic carbocycles. The standard InChI is InChI=1S/C22H21F3N2O3S/c23-22(24,25)19-10-4-5-11-20(19)31(29,30)27-15-12-18(13-16-27)21(28)26-14-6-9-17-7-2-1-3-8-17/h1-5,7-8,10-11,18H,12-16H2,(H,26,28). The van der Waals surface area contributed by atoms with Crippen molar-refractivity contribution in [2.75, 3.05) is 19.6 Å². The molecule has 0 bridgehead atoms. The zero-order valence-corrected chi connectivity index (χ0v) is 17.3. The molecule has 1 N–H and O–H groups in total. The van der Waals surface area contributed by atoms with Crippen LogP contribution in [0.15, 0.2) is 59.5 Å². The maximum absolute atomic E-state index is 13.2. The second kappa shape index (κ2) is 9.54. The Hall–Kier alpha value is -2.83. The number of hydrogen-bond donors (Lipinski definition) is 1. The van der Waals surface area contributed by atoms with Crippen molar-refractivity contribution in [2.24, 2.45) is 5.92 Å². The summed E-state index contributed by atoms with van der Waals surface area (Å²) in [7, 11) is -4.32. The van der Waals surface area contributed by atoms with Gasteiger partial charge in [-0.05, 0) is 37.1 Å². The number of piperidine rings is 1. The third-order valence-electron chi connectivity index (χ3n) is 4.99. The first kappa shape index (κ1) is 22.8.